The van der Waals surface area contributed by atoms with E-state index in [0.717, 1.165) is 22.0 Å². The normalized spacial score (nSPS) is 10.7. The largest absolute Gasteiger partial charge is 0.279 e. The van der Waals surface area contributed by atoms with Gasteiger partial charge in [-0.15, -0.1) is 30.1 Å². The van der Waals surface area contributed by atoms with Crippen LogP contribution in [0.15, 0.2) is 25.3 Å². The lowest BCUT2D eigenvalue weighted by Crippen LogP contribution is -2.18. The molecule has 4 heteroatoms. The van der Waals surface area contributed by atoms with Gasteiger partial charge < -0.3 is 0 Å². The summed E-state index contributed by atoms with van der Waals surface area (Å²) in [5.41, 5.74) is 0. The minimum atomic E-state index is 0. The molecule has 72 valence electrons. The summed E-state index contributed by atoms with van der Waals surface area (Å²) in [7, 11) is 4.85. The van der Waals surface area contributed by atoms with E-state index in [1.54, 1.807) is 0 Å². The van der Waals surface area contributed by atoms with Gasteiger partial charge in [-0.2, -0.15) is 0 Å². The standard InChI is InChI=1S/C8H17N2P.BrH/c1-5-7-10(8-6-2)11-9(3)4;/h5-6,11H,1-2,7-8H2,3-4H3;1H. The van der Waals surface area contributed by atoms with E-state index >= 15 is 0 Å². The molecule has 0 heterocycles. The summed E-state index contributed by atoms with van der Waals surface area (Å²) in [4.78, 5) is 0. The van der Waals surface area contributed by atoms with E-state index in [-0.39, 0.29) is 17.0 Å². The summed E-state index contributed by atoms with van der Waals surface area (Å²) in [6.45, 7) is 9.27. The summed E-state index contributed by atoms with van der Waals surface area (Å²) >= 11 is 0. The molecule has 0 rings (SSSR count). The van der Waals surface area contributed by atoms with Crippen molar-refractivity contribution in [3.63, 3.8) is 0 Å². The van der Waals surface area contributed by atoms with Gasteiger partial charge in [-0.25, -0.2) is 0 Å². The third-order valence-electron chi connectivity index (χ3n) is 1.04. The van der Waals surface area contributed by atoms with Gasteiger partial charge in [0, 0.05) is 22.0 Å². The molecule has 0 aliphatic carbocycles. The smallest absolute Gasteiger partial charge is 0.0240 e. The van der Waals surface area contributed by atoms with Crippen molar-refractivity contribution >= 4 is 25.9 Å². The van der Waals surface area contributed by atoms with Gasteiger partial charge in [0.25, 0.3) is 0 Å². The maximum absolute atomic E-state index is 3.70. The van der Waals surface area contributed by atoms with Crippen LogP contribution >= 0.6 is 25.9 Å². The maximum atomic E-state index is 3.70. The van der Waals surface area contributed by atoms with Crippen molar-refractivity contribution in [2.24, 2.45) is 0 Å². The van der Waals surface area contributed by atoms with E-state index in [9.17, 15) is 0 Å². The van der Waals surface area contributed by atoms with Gasteiger partial charge in [-0.05, 0) is 14.1 Å². The van der Waals surface area contributed by atoms with E-state index in [4.69, 9.17) is 0 Å². The van der Waals surface area contributed by atoms with Crippen LogP contribution in [0.2, 0.25) is 0 Å². The zero-order chi connectivity index (χ0) is 8.69. The van der Waals surface area contributed by atoms with Crippen LogP contribution in [0, 0.1) is 0 Å². The van der Waals surface area contributed by atoms with E-state index in [0.29, 0.717) is 0 Å². The molecule has 0 saturated heterocycles. The first-order valence-corrected chi connectivity index (χ1v) is 4.50. The molecule has 0 aromatic rings. The first kappa shape index (κ1) is 14.8. The molecule has 2 nitrogen and oxygen atoms in total. The topological polar surface area (TPSA) is 6.48 Å². The molecule has 1 unspecified atom stereocenters. The van der Waals surface area contributed by atoms with Crippen LogP contribution in [0.4, 0.5) is 0 Å². The fraction of sp³-hybridized carbons (Fsp3) is 0.500. The highest BCUT2D eigenvalue weighted by Gasteiger charge is 2.00. The van der Waals surface area contributed by atoms with Crippen LogP contribution in [0.1, 0.15) is 0 Å². The Morgan fingerprint density at radius 1 is 1.17 bits per heavy atom. The first-order valence-electron chi connectivity index (χ1n) is 3.61. The maximum Gasteiger partial charge on any atom is 0.0240 e. The molecule has 0 radical (unpaired) electrons. The summed E-state index contributed by atoms with van der Waals surface area (Å²) < 4.78 is 4.44. The quantitative estimate of drug-likeness (QED) is 0.529. The predicted molar refractivity (Wildman–Crippen MR) is 64.3 cm³/mol. The average molecular weight is 253 g/mol. The molecule has 0 amide bonds. The number of rotatable bonds is 6. The minimum absolute atomic E-state index is 0. The van der Waals surface area contributed by atoms with Crippen molar-refractivity contribution in [3.05, 3.63) is 25.3 Å². The third-order valence-corrected chi connectivity index (χ3v) is 2.09. The first-order chi connectivity index (χ1) is 5.20. The zero-order valence-corrected chi connectivity index (χ0v) is 10.5. The summed E-state index contributed by atoms with van der Waals surface area (Å²) in [6.07, 6.45) is 3.83. The summed E-state index contributed by atoms with van der Waals surface area (Å²) in [6, 6.07) is 0. The highest BCUT2D eigenvalue weighted by molar-refractivity contribution is 8.93. The SMILES string of the molecule is Br.C=CCN(CC=C)PN(C)C. The predicted octanol–water partition coefficient (Wildman–Crippen LogP) is 2.31. The Hall–Kier alpha value is 0.310. The highest BCUT2D eigenvalue weighted by atomic mass is 79.9. The average Bonchev–Trinajstić information content (AvgIpc) is 1.87. The molecule has 0 aliphatic heterocycles. The zero-order valence-electron chi connectivity index (χ0n) is 7.79. The van der Waals surface area contributed by atoms with Crippen molar-refractivity contribution in [1.82, 2.24) is 9.34 Å². The fourth-order valence-corrected chi connectivity index (χ4v) is 1.74. The third kappa shape index (κ3) is 8.41. The van der Waals surface area contributed by atoms with Crippen LogP contribution in [-0.4, -0.2) is 36.5 Å². The molecule has 0 saturated carbocycles. The Balaban J connectivity index is 0. The second-order valence-corrected chi connectivity index (χ2v) is 4.20. The monoisotopic (exact) mass is 252 g/mol. The Morgan fingerprint density at radius 3 is 1.83 bits per heavy atom. The molecular formula is C8H18BrN2P. The van der Waals surface area contributed by atoms with E-state index in [2.05, 4.69) is 36.6 Å². The van der Waals surface area contributed by atoms with Crippen LogP contribution in [0.5, 0.6) is 0 Å². The molecule has 0 spiro atoms. The van der Waals surface area contributed by atoms with E-state index in [1.807, 2.05) is 12.2 Å². The molecule has 12 heavy (non-hydrogen) atoms. The minimum Gasteiger partial charge on any atom is -0.279 e. The second kappa shape index (κ2) is 9.40. The molecule has 0 aromatic carbocycles. The van der Waals surface area contributed by atoms with Gasteiger partial charge in [0.1, 0.15) is 0 Å². The molecule has 0 aromatic heterocycles. The number of hydrogen-bond acceptors (Lipinski definition) is 2. The molecule has 1 atom stereocenters. The number of halogens is 1. The lowest BCUT2D eigenvalue weighted by atomic mass is 10.5. The van der Waals surface area contributed by atoms with Gasteiger partial charge in [0.05, 0.1) is 0 Å². The van der Waals surface area contributed by atoms with Crippen molar-refractivity contribution in [2.75, 3.05) is 27.2 Å². The van der Waals surface area contributed by atoms with Crippen LogP contribution < -0.4 is 0 Å². The highest BCUT2D eigenvalue weighted by Crippen LogP contribution is 2.18. The van der Waals surface area contributed by atoms with Crippen LogP contribution in [-0.2, 0) is 0 Å². The number of hydrogen-bond donors (Lipinski definition) is 0. The van der Waals surface area contributed by atoms with Crippen molar-refractivity contribution in [1.29, 1.82) is 0 Å². The fourth-order valence-electron chi connectivity index (χ4n) is 0.751. The van der Waals surface area contributed by atoms with Crippen molar-refractivity contribution in [2.45, 2.75) is 0 Å². The Bertz CT molecular complexity index is 118. The summed E-state index contributed by atoms with van der Waals surface area (Å²) in [5, 5.41) is 0. The lowest BCUT2D eigenvalue weighted by Gasteiger charge is -2.22. The van der Waals surface area contributed by atoms with Crippen molar-refractivity contribution < 1.29 is 0 Å². The Kier molecular flexibility index (Phi) is 11.6. The van der Waals surface area contributed by atoms with Gasteiger partial charge in [0.15, 0.2) is 0 Å². The Labute approximate surface area is 88.0 Å². The van der Waals surface area contributed by atoms with E-state index < -0.39 is 0 Å². The molecular weight excluding hydrogens is 235 g/mol. The second-order valence-electron chi connectivity index (χ2n) is 2.48. The van der Waals surface area contributed by atoms with Gasteiger partial charge in [0.2, 0.25) is 0 Å². The van der Waals surface area contributed by atoms with Crippen LogP contribution in [0.3, 0.4) is 0 Å². The van der Waals surface area contributed by atoms with Crippen LogP contribution in [0.25, 0.3) is 0 Å². The van der Waals surface area contributed by atoms with Gasteiger partial charge in [-0.3, -0.25) is 9.34 Å². The molecule has 0 fully saturated rings. The molecule has 0 N–H and O–H groups in total. The van der Waals surface area contributed by atoms with Gasteiger partial charge >= 0.3 is 0 Å². The van der Waals surface area contributed by atoms with E-state index in [1.165, 1.54) is 0 Å². The summed E-state index contributed by atoms with van der Waals surface area (Å²) in [5.74, 6) is 0. The lowest BCUT2D eigenvalue weighted by molar-refractivity contribution is 0.524. The van der Waals surface area contributed by atoms with Crippen molar-refractivity contribution in [3.8, 4) is 0 Å². The number of nitrogens with zero attached hydrogens (tertiary/aromatic N) is 2. The molecule has 0 bridgehead atoms. The Morgan fingerprint density at radius 2 is 1.58 bits per heavy atom. The molecule has 0 aliphatic rings. The van der Waals surface area contributed by atoms with Gasteiger partial charge in [-0.1, -0.05) is 12.2 Å².